The summed E-state index contributed by atoms with van der Waals surface area (Å²) >= 11 is 0. The van der Waals surface area contributed by atoms with Crippen molar-refractivity contribution in [1.29, 1.82) is 0 Å². The van der Waals surface area contributed by atoms with E-state index in [1.807, 2.05) is 0 Å². The van der Waals surface area contributed by atoms with Crippen LogP contribution in [0.4, 0.5) is 0 Å². The molecule has 1 aliphatic rings. The van der Waals surface area contributed by atoms with Gasteiger partial charge in [0, 0.05) is 24.2 Å². The highest BCUT2D eigenvalue weighted by Crippen LogP contribution is 2.25. The van der Waals surface area contributed by atoms with Crippen LogP contribution in [0.1, 0.15) is 53.9 Å². The molecule has 19 heavy (non-hydrogen) atoms. The fraction of sp³-hybridized carbons (Fsp3) is 0.933. The van der Waals surface area contributed by atoms with Crippen LogP contribution in [-0.4, -0.2) is 58.1 Å². The minimum Gasteiger partial charge on any atom is -0.481 e. The Morgan fingerprint density at radius 1 is 1.32 bits per heavy atom. The molecule has 1 aliphatic heterocycles. The average Bonchev–Trinajstić information content (AvgIpc) is 2.27. The number of rotatable bonds is 5. The number of nitrogens with zero attached hydrogens (tertiary/aromatic N) is 2. The maximum atomic E-state index is 10.8. The van der Waals surface area contributed by atoms with Crippen molar-refractivity contribution < 1.29 is 9.90 Å². The molecule has 0 aromatic heterocycles. The lowest BCUT2D eigenvalue weighted by molar-refractivity contribution is -0.137. The Kier molecular flexibility index (Phi) is 5.81. The number of carboxylic acid groups (broad SMARTS) is 1. The highest BCUT2D eigenvalue weighted by Gasteiger charge is 2.32. The summed E-state index contributed by atoms with van der Waals surface area (Å²) in [4.78, 5) is 15.7. The quantitative estimate of drug-likeness (QED) is 0.833. The van der Waals surface area contributed by atoms with Crippen LogP contribution in [0.15, 0.2) is 0 Å². The number of aliphatic carboxylic acids is 1. The average molecular weight is 270 g/mol. The molecule has 0 saturated carbocycles. The third-order valence-corrected chi connectivity index (χ3v) is 4.10. The molecule has 0 aromatic carbocycles. The molecule has 0 aromatic rings. The van der Waals surface area contributed by atoms with Gasteiger partial charge in [-0.15, -0.1) is 0 Å². The molecule has 0 bridgehead atoms. The fourth-order valence-electron chi connectivity index (χ4n) is 3.00. The van der Waals surface area contributed by atoms with Gasteiger partial charge in [-0.25, -0.2) is 0 Å². The zero-order chi connectivity index (χ0) is 14.6. The molecule has 1 fully saturated rings. The third-order valence-electron chi connectivity index (χ3n) is 4.10. The molecule has 1 N–H and O–H groups in total. The number of piperidine rings is 1. The standard InChI is InChI=1S/C15H30N2O2/c1-12(2)16-9-6-13(7-10-16)17(15(3,4)5)11-8-14(18)19/h12-13H,6-11H2,1-5H3,(H,18,19). The molecule has 0 unspecified atom stereocenters. The first kappa shape index (κ1) is 16.4. The topological polar surface area (TPSA) is 43.8 Å². The normalized spacial score (nSPS) is 19.3. The van der Waals surface area contributed by atoms with E-state index in [1.165, 1.54) is 0 Å². The van der Waals surface area contributed by atoms with Gasteiger partial charge in [-0.1, -0.05) is 0 Å². The second-order valence-electron chi connectivity index (χ2n) is 6.87. The first-order valence-corrected chi connectivity index (χ1v) is 7.44. The third kappa shape index (κ3) is 5.11. The van der Waals surface area contributed by atoms with E-state index in [9.17, 15) is 4.79 Å². The van der Waals surface area contributed by atoms with Crippen molar-refractivity contribution >= 4 is 5.97 Å². The number of carboxylic acids is 1. The molecule has 0 aliphatic carbocycles. The van der Waals surface area contributed by atoms with Crippen LogP contribution >= 0.6 is 0 Å². The molecular formula is C15H30N2O2. The van der Waals surface area contributed by atoms with Crippen LogP contribution in [-0.2, 0) is 4.79 Å². The minimum atomic E-state index is -0.700. The second kappa shape index (κ2) is 6.71. The molecule has 1 heterocycles. The van der Waals surface area contributed by atoms with Gasteiger partial charge >= 0.3 is 5.97 Å². The van der Waals surface area contributed by atoms with E-state index in [4.69, 9.17) is 5.11 Å². The van der Waals surface area contributed by atoms with Crippen LogP contribution in [0.2, 0.25) is 0 Å². The van der Waals surface area contributed by atoms with E-state index in [2.05, 4.69) is 44.4 Å². The first-order valence-electron chi connectivity index (χ1n) is 7.44. The Morgan fingerprint density at radius 3 is 2.21 bits per heavy atom. The van der Waals surface area contributed by atoms with Gasteiger partial charge in [0.05, 0.1) is 6.42 Å². The minimum absolute atomic E-state index is 0.0418. The Balaban J connectivity index is 2.60. The summed E-state index contributed by atoms with van der Waals surface area (Å²) < 4.78 is 0. The van der Waals surface area contributed by atoms with Crippen LogP contribution < -0.4 is 0 Å². The Labute approximate surface area is 117 Å². The zero-order valence-electron chi connectivity index (χ0n) is 13.1. The van der Waals surface area contributed by atoms with Crippen LogP contribution in [0.3, 0.4) is 0 Å². The Morgan fingerprint density at radius 2 is 1.84 bits per heavy atom. The molecule has 112 valence electrons. The molecule has 1 rings (SSSR count). The predicted molar refractivity (Wildman–Crippen MR) is 78.4 cm³/mol. The molecule has 1 saturated heterocycles. The fourth-order valence-corrected chi connectivity index (χ4v) is 3.00. The molecule has 0 atom stereocenters. The van der Waals surface area contributed by atoms with Crippen molar-refractivity contribution in [2.45, 2.75) is 71.5 Å². The Hall–Kier alpha value is -0.610. The van der Waals surface area contributed by atoms with E-state index in [0.717, 1.165) is 25.9 Å². The monoisotopic (exact) mass is 270 g/mol. The number of carbonyl (C=O) groups is 1. The van der Waals surface area contributed by atoms with Crippen molar-refractivity contribution in [3.8, 4) is 0 Å². The lowest BCUT2D eigenvalue weighted by Gasteiger charge is -2.45. The van der Waals surface area contributed by atoms with Gasteiger partial charge in [-0.2, -0.15) is 0 Å². The maximum absolute atomic E-state index is 10.8. The van der Waals surface area contributed by atoms with Gasteiger partial charge in [0.1, 0.15) is 0 Å². The van der Waals surface area contributed by atoms with E-state index in [-0.39, 0.29) is 12.0 Å². The summed E-state index contributed by atoms with van der Waals surface area (Å²) in [6, 6.07) is 1.14. The summed E-state index contributed by atoms with van der Waals surface area (Å²) in [5, 5.41) is 8.91. The molecule has 0 amide bonds. The lowest BCUT2D eigenvalue weighted by atomic mass is 9.95. The van der Waals surface area contributed by atoms with Crippen LogP contribution in [0.25, 0.3) is 0 Å². The van der Waals surface area contributed by atoms with E-state index >= 15 is 0 Å². The summed E-state index contributed by atoms with van der Waals surface area (Å²) in [5.74, 6) is -0.700. The van der Waals surface area contributed by atoms with Gasteiger partial charge in [0.2, 0.25) is 0 Å². The predicted octanol–water partition coefficient (Wildman–Crippen LogP) is 2.43. The van der Waals surface area contributed by atoms with Crippen molar-refractivity contribution in [3.63, 3.8) is 0 Å². The van der Waals surface area contributed by atoms with Crippen LogP contribution in [0.5, 0.6) is 0 Å². The van der Waals surface area contributed by atoms with E-state index in [0.29, 0.717) is 18.6 Å². The van der Waals surface area contributed by atoms with Gasteiger partial charge in [0.15, 0.2) is 0 Å². The Bertz CT molecular complexity index is 289. The molecule has 0 spiro atoms. The highest BCUT2D eigenvalue weighted by molar-refractivity contribution is 5.66. The second-order valence-corrected chi connectivity index (χ2v) is 6.87. The molecule has 4 heteroatoms. The molecule has 0 radical (unpaired) electrons. The highest BCUT2D eigenvalue weighted by atomic mass is 16.4. The van der Waals surface area contributed by atoms with Crippen LogP contribution in [0, 0.1) is 0 Å². The summed E-state index contributed by atoms with van der Waals surface area (Å²) in [6.45, 7) is 13.9. The summed E-state index contributed by atoms with van der Waals surface area (Å²) in [7, 11) is 0. The maximum Gasteiger partial charge on any atom is 0.304 e. The first-order chi connectivity index (χ1) is 8.71. The van der Waals surface area contributed by atoms with Crippen molar-refractivity contribution in [2.75, 3.05) is 19.6 Å². The van der Waals surface area contributed by atoms with Gasteiger partial charge in [-0.05, 0) is 60.5 Å². The smallest absolute Gasteiger partial charge is 0.304 e. The van der Waals surface area contributed by atoms with Crippen molar-refractivity contribution in [3.05, 3.63) is 0 Å². The van der Waals surface area contributed by atoms with E-state index in [1.54, 1.807) is 0 Å². The number of hydrogen-bond acceptors (Lipinski definition) is 3. The summed E-state index contributed by atoms with van der Waals surface area (Å²) in [6.07, 6.45) is 2.53. The van der Waals surface area contributed by atoms with Crippen molar-refractivity contribution in [2.24, 2.45) is 0 Å². The molecule has 4 nitrogen and oxygen atoms in total. The van der Waals surface area contributed by atoms with Gasteiger partial charge < -0.3 is 10.0 Å². The summed E-state index contributed by atoms with van der Waals surface area (Å²) in [5.41, 5.74) is 0.0418. The van der Waals surface area contributed by atoms with Gasteiger partial charge in [-0.3, -0.25) is 9.69 Å². The number of hydrogen-bond donors (Lipinski definition) is 1. The zero-order valence-corrected chi connectivity index (χ0v) is 13.1. The van der Waals surface area contributed by atoms with Gasteiger partial charge in [0.25, 0.3) is 0 Å². The SMILES string of the molecule is CC(C)N1CCC(N(CCC(=O)O)C(C)(C)C)CC1. The van der Waals surface area contributed by atoms with E-state index < -0.39 is 5.97 Å². The largest absolute Gasteiger partial charge is 0.481 e. The lowest BCUT2D eigenvalue weighted by Crippen LogP contribution is -2.53. The van der Waals surface area contributed by atoms with Crippen molar-refractivity contribution in [1.82, 2.24) is 9.80 Å². The molecular weight excluding hydrogens is 240 g/mol. The number of likely N-dealkylation sites (tertiary alicyclic amines) is 1.